The number of hydrogen-bond acceptors (Lipinski definition) is 2. The van der Waals surface area contributed by atoms with Gasteiger partial charge in [0.2, 0.25) is 0 Å². The molecule has 1 aromatic heterocycles. The van der Waals surface area contributed by atoms with E-state index >= 15 is 0 Å². The van der Waals surface area contributed by atoms with Crippen molar-refractivity contribution in [2.24, 2.45) is 11.3 Å². The number of hydrogen-bond donors (Lipinski definition) is 1. The first-order chi connectivity index (χ1) is 9.12. The molecule has 2 fully saturated rings. The van der Waals surface area contributed by atoms with Gasteiger partial charge in [0.25, 0.3) is 0 Å². The fraction of sp³-hybridized carbons (Fsp3) is 0.625. The predicted octanol–water partition coefficient (Wildman–Crippen LogP) is 3.53. The number of pyridine rings is 1. The lowest BCUT2D eigenvalue weighted by Crippen LogP contribution is -2.28. The molecule has 3 rings (SSSR count). The topological polar surface area (TPSA) is 50.2 Å². The van der Waals surface area contributed by atoms with Crippen molar-refractivity contribution in [3.8, 4) is 0 Å². The number of aryl methyl sites for hydroxylation is 1. The Kier molecular flexibility index (Phi) is 3.08. The highest BCUT2D eigenvalue weighted by Crippen LogP contribution is 2.57. The molecule has 1 N–H and O–H groups in total. The second kappa shape index (κ2) is 4.62. The summed E-state index contributed by atoms with van der Waals surface area (Å²) in [6, 6.07) is 4.29. The first-order valence-electron chi connectivity index (χ1n) is 7.28. The second-order valence-corrected chi connectivity index (χ2v) is 6.24. The van der Waals surface area contributed by atoms with Gasteiger partial charge in [0.05, 0.1) is 5.41 Å². The highest BCUT2D eigenvalue weighted by Gasteiger charge is 2.56. The molecule has 2 aliphatic carbocycles. The maximum atomic E-state index is 11.4. The van der Waals surface area contributed by atoms with Gasteiger partial charge in [0.15, 0.2) is 0 Å². The Hall–Kier alpha value is -1.38. The van der Waals surface area contributed by atoms with Gasteiger partial charge in [0.1, 0.15) is 0 Å². The van der Waals surface area contributed by atoms with Crippen LogP contribution in [0.5, 0.6) is 0 Å². The SMILES string of the molecule is Cc1cc(C2CCC(C3(C(=O)O)CC3)CC2)ccn1. The van der Waals surface area contributed by atoms with Crippen LogP contribution in [0.1, 0.15) is 55.7 Å². The zero-order valence-corrected chi connectivity index (χ0v) is 11.4. The van der Waals surface area contributed by atoms with E-state index in [-0.39, 0.29) is 5.41 Å². The number of carboxylic acids is 1. The summed E-state index contributed by atoms with van der Waals surface area (Å²) in [5.41, 5.74) is 2.11. The van der Waals surface area contributed by atoms with Crippen LogP contribution in [0.2, 0.25) is 0 Å². The minimum Gasteiger partial charge on any atom is -0.481 e. The first kappa shape index (κ1) is 12.6. The first-order valence-corrected chi connectivity index (χ1v) is 7.28. The molecule has 0 spiro atoms. The average molecular weight is 259 g/mol. The van der Waals surface area contributed by atoms with Gasteiger partial charge in [-0.25, -0.2) is 0 Å². The van der Waals surface area contributed by atoms with Crippen molar-refractivity contribution in [1.82, 2.24) is 4.98 Å². The maximum Gasteiger partial charge on any atom is 0.309 e. The molecule has 0 amide bonds. The van der Waals surface area contributed by atoms with E-state index in [1.807, 2.05) is 13.1 Å². The van der Waals surface area contributed by atoms with E-state index < -0.39 is 5.97 Å². The Morgan fingerprint density at radius 1 is 1.32 bits per heavy atom. The fourth-order valence-electron chi connectivity index (χ4n) is 3.73. The third kappa shape index (κ3) is 2.26. The molecule has 2 aliphatic rings. The summed E-state index contributed by atoms with van der Waals surface area (Å²) in [4.78, 5) is 15.6. The van der Waals surface area contributed by atoms with E-state index in [9.17, 15) is 9.90 Å². The summed E-state index contributed by atoms with van der Waals surface area (Å²) < 4.78 is 0. The van der Waals surface area contributed by atoms with E-state index in [0.29, 0.717) is 11.8 Å². The molecule has 0 unspecified atom stereocenters. The van der Waals surface area contributed by atoms with Gasteiger partial charge in [-0.05, 0) is 75.0 Å². The van der Waals surface area contributed by atoms with Crippen molar-refractivity contribution < 1.29 is 9.90 Å². The molecule has 3 nitrogen and oxygen atoms in total. The number of carboxylic acid groups (broad SMARTS) is 1. The summed E-state index contributed by atoms with van der Waals surface area (Å²) >= 11 is 0. The van der Waals surface area contributed by atoms with Crippen molar-refractivity contribution in [2.75, 3.05) is 0 Å². The van der Waals surface area contributed by atoms with Crippen LogP contribution in [0.25, 0.3) is 0 Å². The zero-order valence-electron chi connectivity index (χ0n) is 11.4. The Balaban J connectivity index is 1.65. The fourth-order valence-corrected chi connectivity index (χ4v) is 3.73. The van der Waals surface area contributed by atoms with Gasteiger partial charge in [-0.15, -0.1) is 0 Å². The molecule has 0 radical (unpaired) electrons. The van der Waals surface area contributed by atoms with Gasteiger partial charge < -0.3 is 5.11 Å². The average Bonchev–Trinajstić information content (AvgIpc) is 3.20. The largest absolute Gasteiger partial charge is 0.481 e. The number of carbonyl (C=O) groups is 1. The summed E-state index contributed by atoms with van der Waals surface area (Å²) in [6.45, 7) is 2.03. The van der Waals surface area contributed by atoms with Gasteiger partial charge in [-0.3, -0.25) is 9.78 Å². The molecule has 0 aromatic carbocycles. The molecule has 0 saturated heterocycles. The molecule has 0 bridgehead atoms. The molecule has 102 valence electrons. The highest BCUT2D eigenvalue weighted by molar-refractivity contribution is 5.78. The molecule has 0 aliphatic heterocycles. The van der Waals surface area contributed by atoms with E-state index in [2.05, 4.69) is 17.1 Å². The van der Waals surface area contributed by atoms with Crippen molar-refractivity contribution in [3.05, 3.63) is 29.6 Å². The second-order valence-electron chi connectivity index (χ2n) is 6.24. The molecule has 19 heavy (non-hydrogen) atoms. The monoisotopic (exact) mass is 259 g/mol. The van der Waals surface area contributed by atoms with Crippen molar-refractivity contribution in [2.45, 2.75) is 51.4 Å². The lowest BCUT2D eigenvalue weighted by atomic mass is 9.72. The van der Waals surface area contributed by atoms with Gasteiger partial charge in [-0.2, -0.15) is 0 Å². The van der Waals surface area contributed by atoms with E-state index in [4.69, 9.17) is 0 Å². The van der Waals surface area contributed by atoms with E-state index in [1.54, 1.807) is 0 Å². The van der Waals surface area contributed by atoms with E-state index in [0.717, 1.165) is 44.2 Å². The van der Waals surface area contributed by atoms with Gasteiger partial charge >= 0.3 is 5.97 Å². The third-order valence-electron chi connectivity index (χ3n) is 5.12. The lowest BCUT2D eigenvalue weighted by molar-refractivity contribution is -0.146. The summed E-state index contributed by atoms with van der Waals surface area (Å²) in [5, 5.41) is 9.37. The summed E-state index contributed by atoms with van der Waals surface area (Å²) in [6.07, 6.45) is 8.07. The van der Waals surface area contributed by atoms with E-state index in [1.165, 1.54) is 5.56 Å². The molecular formula is C16H21NO2. The number of aliphatic carboxylic acids is 1. The Morgan fingerprint density at radius 2 is 2.00 bits per heavy atom. The van der Waals surface area contributed by atoms with Crippen LogP contribution in [-0.4, -0.2) is 16.1 Å². The van der Waals surface area contributed by atoms with Crippen LogP contribution in [0.15, 0.2) is 18.3 Å². The maximum absolute atomic E-state index is 11.4. The minimum atomic E-state index is -0.560. The molecule has 3 heteroatoms. The van der Waals surface area contributed by atoms with Crippen LogP contribution in [-0.2, 0) is 4.79 Å². The van der Waals surface area contributed by atoms with Crippen LogP contribution in [0.3, 0.4) is 0 Å². The molecule has 2 saturated carbocycles. The van der Waals surface area contributed by atoms with Crippen LogP contribution in [0, 0.1) is 18.3 Å². The van der Waals surface area contributed by atoms with Crippen LogP contribution in [0.4, 0.5) is 0 Å². The molecule has 1 aromatic rings. The van der Waals surface area contributed by atoms with Crippen LogP contribution >= 0.6 is 0 Å². The number of rotatable bonds is 3. The zero-order chi connectivity index (χ0) is 13.5. The minimum absolute atomic E-state index is 0.348. The number of nitrogens with zero attached hydrogens (tertiary/aromatic N) is 1. The van der Waals surface area contributed by atoms with Gasteiger partial charge in [-0.1, -0.05) is 0 Å². The molecular weight excluding hydrogens is 238 g/mol. The Labute approximate surface area is 114 Å². The quantitative estimate of drug-likeness (QED) is 0.903. The van der Waals surface area contributed by atoms with Crippen molar-refractivity contribution >= 4 is 5.97 Å². The lowest BCUT2D eigenvalue weighted by Gasteiger charge is -2.32. The molecule has 0 atom stereocenters. The highest BCUT2D eigenvalue weighted by atomic mass is 16.4. The number of aromatic nitrogens is 1. The van der Waals surface area contributed by atoms with Crippen LogP contribution < -0.4 is 0 Å². The normalized spacial score (nSPS) is 28.9. The molecule has 1 heterocycles. The van der Waals surface area contributed by atoms with Crippen molar-refractivity contribution in [1.29, 1.82) is 0 Å². The Morgan fingerprint density at radius 3 is 2.53 bits per heavy atom. The smallest absolute Gasteiger partial charge is 0.309 e. The summed E-state index contributed by atoms with van der Waals surface area (Å²) in [5.74, 6) is 0.447. The van der Waals surface area contributed by atoms with Gasteiger partial charge in [0, 0.05) is 11.9 Å². The Bertz CT molecular complexity index is 485. The van der Waals surface area contributed by atoms with Crippen molar-refractivity contribution in [3.63, 3.8) is 0 Å². The predicted molar refractivity (Wildman–Crippen MR) is 73.0 cm³/mol. The third-order valence-corrected chi connectivity index (χ3v) is 5.12. The standard InChI is InChI=1S/C16H21NO2/c1-11-10-13(6-9-17-11)12-2-4-14(5-3-12)16(7-8-16)15(18)19/h6,9-10,12,14H,2-5,7-8H2,1H3,(H,18,19). The summed E-state index contributed by atoms with van der Waals surface area (Å²) in [7, 11) is 0.